The van der Waals surface area contributed by atoms with E-state index in [1.807, 2.05) is 30.5 Å². The summed E-state index contributed by atoms with van der Waals surface area (Å²) in [5, 5.41) is 14.7. The highest BCUT2D eigenvalue weighted by Gasteiger charge is 2.38. The zero-order valence-electron chi connectivity index (χ0n) is 28.9. The number of aromatic nitrogens is 6. The maximum absolute atomic E-state index is 10.6. The lowest BCUT2D eigenvalue weighted by molar-refractivity contribution is -0.192. The van der Waals surface area contributed by atoms with E-state index in [1.54, 1.807) is 6.20 Å². The van der Waals surface area contributed by atoms with Crippen LogP contribution in [0.15, 0.2) is 85.2 Å². The van der Waals surface area contributed by atoms with E-state index >= 15 is 0 Å². The number of H-pyrrole nitrogens is 1. The van der Waals surface area contributed by atoms with Gasteiger partial charge in [-0.2, -0.15) is 18.3 Å². The third-order valence-corrected chi connectivity index (χ3v) is 8.55. The van der Waals surface area contributed by atoms with Crippen molar-refractivity contribution in [2.24, 2.45) is 0 Å². The van der Waals surface area contributed by atoms with Crippen LogP contribution in [-0.2, 0) is 11.3 Å². The van der Waals surface area contributed by atoms with E-state index in [4.69, 9.17) is 24.9 Å². The van der Waals surface area contributed by atoms with Crippen LogP contribution in [0.25, 0.3) is 33.9 Å². The Morgan fingerprint density at radius 1 is 0.902 bits per heavy atom. The maximum atomic E-state index is 10.6. The minimum atomic E-state index is -5.08. The Balaban J connectivity index is 0.000000654. The molecule has 0 aliphatic carbocycles. The number of anilines is 1. The molecule has 0 spiro atoms. The van der Waals surface area contributed by atoms with Gasteiger partial charge in [0.25, 0.3) is 0 Å². The molecule has 51 heavy (non-hydrogen) atoms. The topological polar surface area (TPSA) is 127 Å². The number of carboxylic acid groups (broad SMARTS) is 1. The number of alkyl halides is 3. The van der Waals surface area contributed by atoms with Crippen molar-refractivity contribution in [1.29, 1.82) is 0 Å². The van der Waals surface area contributed by atoms with Crippen LogP contribution in [0.3, 0.4) is 0 Å². The van der Waals surface area contributed by atoms with E-state index in [-0.39, 0.29) is 0 Å². The first-order valence-electron chi connectivity index (χ1n) is 16.7. The van der Waals surface area contributed by atoms with E-state index < -0.39 is 12.1 Å². The Bertz CT molecular complexity index is 1830. The molecule has 0 radical (unpaired) electrons. The first-order chi connectivity index (χ1) is 24.5. The number of piperidine rings is 1. The predicted octanol–water partition coefficient (Wildman–Crippen LogP) is 6.39. The SMILES string of the molecule is CN(C)CCCN(C)c1ncc(-c2ccccc2)c(-c2ccc(CN3CCC(c4nc(-c5ccccn5)n[nH]4)CC3)cc2)n1.O=C(O)C(F)(F)F. The van der Waals surface area contributed by atoms with Gasteiger partial charge < -0.3 is 14.9 Å². The van der Waals surface area contributed by atoms with E-state index in [0.29, 0.717) is 11.7 Å². The van der Waals surface area contributed by atoms with Crippen molar-refractivity contribution in [3.8, 4) is 33.9 Å². The Morgan fingerprint density at radius 3 is 2.22 bits per heavy atom. The third-order valence-electron chi connectivity index (χ3n) is 8.55. The number of likely N-dealkylation sites (tertiary alicyclic amines) is 1. The van der Waals surface area contributed by atoms with Crippen molar-refractivity contribution >= 4 is 11.9 Å². The number of benzene rings is 2. The van der Waals surface area contributed by atoms with Crippen LogP contribution in [0.1, 0.15) is 36.6 Å². The van der Waals surface area contributed by atoms with Gasteiger partial charge in [-0.15, -0.1) is 0 Å². The second-order valence-corrected chi connectivity index (χ2v) is 12.7. The fourth-order valence-corrected chi connectivity index (χ4v) is 5.79. The lowest BCUT2D eigenvalue weighted by Gasteiger charge is -2.31. The lowest BCUT2D eigenvalue weighted by Crippen LogP contribution is -2.32. The third kappa shape index (κ3) is 10.4. The Labute approximate surface area is 295 Å². The summed E-state index contributed by atoms with van der Waals surface area (Å²) < 4.78 is 31.7. The molecule has 1 aliphatic heterocycles. The summed E-state index contributed by atoms with van der Waals surface area (Å²) in [5.41, 5.74) is 6.34. The number of halogens is 3. The first-order valence-corrected chi connectivity index (χ1v) is 16.7. The van der Waals surface area contributed by atoms with Gasteiger partial charge in [-0.3, -0.25) is 15.0 Å². The molecule has 268 valence electrons. The van der Waals surface area contributed by atoms with Crippen LogP contribution in [0.5, 0.6) is 0 Å². The zero-order valence-corrected chi connectivity index (χ0v) is 28.9. The number of carboxylic acids is 1. The molecular weight excluding hydrogens is 659 g/mol. The van der Waals surface area contributed by atoms with Crippen LogP contribution in [0, 0.1) is 0 Å². The molecule has 3 aromatic heterocycles. The number of carbonyl (C=O) groups is 1. The molecule has 5 aromatic rings. The highest BCUT2D eigenvalue weighted by atomic mass is 19.4. The van der Waals surface area contributed by atoms with E-state index in [2.05, 4.69) is 99.6 Å². The van der Waals surface area contributed by atoms with Crippen molar-refractivity contribution in [1.82, 2.24) is 39.9 Å². The number of hydrogen-bond acceptors (Lipinski definition) is 9. The number of pyridine rings is 1. The molecule has 2 N–H and O–H groups in total. The number of rotatable bonds is 11. The van der Waals surface area contributed by atoms with Crippen molar-refractivity contribution in [2.75, 3.05) is 52.2 Å². The summed E-state index contributed by atoms with van der Waals surface area (Å²) in [5.74, 6) is 0.0292. The molecule has 6 rings (SSSR count). The van der Waals surface area contributed by atoms with Gasteiger partial charge in [0.1, 0.15) is 11.5 Å². The monoisotopic (exact) mass is 701 g/mol. The maximum Gasteiger partial charge on any atom is 0.490 e. The molecule has 14 heteroatoms. The second kappa shape index (κ2) is 17.1. The highest BCUT2D eigenvalue weighted by molar-refractivity contribution is 5.81. The molecule has 0 amide bonds. The first kappa shape index (κ1) is 37.1. The summed E-state index contributed by atoms with van der Waals surface area (Å²) >= 11 is 0. The van der Waals surface area contributed by atoms with E-state index in [1.165, 1.54) is 5.56 Å². The minimum absolute atomic E-state index is 0.392. The second-order valence-electron chi connectivity index (χ2n) is 12.7. The van der Waals surface area contributed by atoms with Gasteiger partial charge in [0, 0.05) is 49.6 Å². The Kier molecular flexibility index (Phi) is 12.5. The summed E-state index contributed by atoms with van der Waals surface area (Å²) in [6.45, 7) is 4.92. The van der Waals surface area contributed by atoms with Crippen molar-refractivity contribution in [3.05, 3.63) is 96.6 Å². The van der Waals surface area contributed by atoms with Gasteiger partial charge >= 0.3 is 12.1 Å². The van der Waals surface area contributed by atoms with Crippen LogP contribution in [-0.4, -0.2) is 105 Å². The lowest BCUT2D eigenvalue weighted by atomic mass is 9.95. The molecular formula is C37H42F3N9O2. The highest BCUT2D eigenvalue weighted by Crippen LogP contribution is 2.32. The minimum Gasteiger partial charge on any atom is -0.475 e. The van der Waals surface area contributed by atoms with Gasteiger partial charge in [-0.05, 0) is 76.3 Å². The summed E-state index contributed by atoms with van der Waals surface area (Å²) in [6.07, 6.45) is 1.83. The van der Waals surface area contributed by atoms with Crippen LogP contribution in [0.2, 0.25) is 0 Å². The smallest absolute Gasteiger partial charge is 0.475 e. The summed E-state index contributed by atoms with van der Waals surface area (Å²) in [6, 6.07) is 25.1. The molecule has 0 atom stereocenters. The summed E-state index contributed by atoms with van der Waals surface area (Å²) in [4.78, 5) is 34.8. The predicted molar refractivity (Wildman–Crippen MR) is 190 cm³/mol. The van der Waals surface area contributed by atoms with E-state index in [0.717, 1.165) is 91.8 Å². The molecule has 4 heterocycles. The molecule has 2 aromatic carbocycles. The number of aliphatic carboxylic acids is 1. The molecule has 1 saturated heterocycles. The van der Waals surface area contributed by atoms with Gasteiger partial charge in [-0.1, -0.05) is 60.7 Å². The number of hydrogen-bond donors (Lipinski definition) is 2. The van der Waals surface area contributed by atoms with Crippen molar-refractivity contribution in [2.45, 2.75) is 37.9 Å². The quantitative estimate of drug-likeness (QED) is 0.160. The average Bonchev–Trinajstić information content (AvgIpc) is 3.63. The van der Waals surface area contributed by atoms with Crippen molar-refractivity contribution in [3.63, 3.8) is 0 Å². The van der Waals surface area contributed by atoms with Crippen LogP contribution in [0.4, 0.5) is 19.1 Å². The van der Waals surface area contributed by atoms with Gasteiger partial charge in [0.05, 0.1) is 5.69 Å². The standard InChI is InChI=1S/C35H41N9.C2HF3O2/c1-42(2)20-9-21-43(3)35-37-24-30(27-10-5-4-6-11-27)32(38-35)28-15-13-26(14-16-28)25-44-22-17-29(18-23-44)33-39-34(41-40-33)31-12-7-8-19-36-31;3-2(4,5)1(6)7/h4-8,10-16,19,24,29H,9,17-18,20-23,25H2,1-3H3,(H,39,40,41);(H,6,7). The number of aromatic amines is 1. The summed E-state index contributed by atoms with van der Waals surface area (Å²) in [7, 11) is 6.28. The fraction of sp³-hybridized carbons (Fsp3) is 0.351. The molecule has 1 fully saturated rings. The molecule has 1 aliphatic rings. The molecule has 11 nitrogen and oxygen atoms in total. The van der Waals surface area contributed by atoms with Crippen molar-refractivity contribution < 1.29 is 23.1 Å². The molecule has 0 bridgehead atoms. The zero-order chi connectivity index (χ0) is 36.4. The Hall–Kier alpha value is -5.21. The normalized spacial score (nSPS) is 13.9. The van der Waals surface area contributed by atoms with Gasteiger partial charge in [-0.25, -0.2) is 19.7 Å². The van der Waals surface area contributed by atoms with Gasteiger partial charge in [0.2, 0.25) is 5.95 Å². The van der Waals surface area contributed by atoms with Crippen LogP contribution >= 0.6 is 0 Å². The Morgan fingerprint density at radius 2 is 1.59 bits per heavy atom. The van der Waals surface area contributed by atoms with Crippen LogP contribution < -0.4 is 4.90 Å². The van der Waals surface area contributed by atoms with Gasteiger partial charge in [0.15, 0.2) is 5.82 Å². The molecule has 0 unspecified atom stereocenters. The largest absolute Gasteiger partial charge is 0.490 e. The van der Waals surface area contributed by atoms with E-state index in [9.17, 15) is 13.2 Å². The molecule has 0 saturated carbocycles. The number of nitrogens with zero attached hydrogens (tertiary/aromatic N) is 8. The number of nitrogens with one attached hydrogen (secondary N) is 1. The average molecular weight is 702 g/mol. The fourth-order valence-electron chi connectivity index (χ4n) is 5.79.